The largest absolute Gasteiger partial charge is 0.462 e. The van der Waals surface area contributed by atoms with Gasteiger partial charge in [-0.15, -0.1) is 0 Å². The molecule has 1 heterocycles. The van der Waals surface area contributed by atoms with Gasteiger partial charge in [-0.05, 0) is 33.1 Å². The topological polar surface area (TPSA) is 38.8 Å². The van der Waals surface area contributed by atoms with E-state index in [0.717, 1.165) is 25.9 Å². The van der Waals surface area contributed by atoms with E-state index in [9.17, 15) is 4.79 Å². The number of rotatable bonds is 7. The quantitative estimate of drug-likeness (QED) is 0.281. The van der Waals surface area contributed by atoms with E-state index in [1.54, 1.807) is 13.0 Å². The monoisotopic (exact) mass is 212 g/mol. The predicted octanol–water partition coefficient (Wildman–Crippen LogP) is 2.46. The van der Waals surface area contributed by atoms with Crippen LogP contribution in [0.15, 0.2) is 11.6 Å². The summed E-state index contributed by atoms with van der Waals surface area (Å²) in [5.41, 5.74) is 0.682. The van der Waals surface area contributed by atoms with Crippen molar-refractivity contribution in [2.24, 2.45) is 0 Å². The van der Waals surface area contributed by atoms with Gasteiger partial charge in [0.05, 0.1) is 19.3 Å². The first kappa shape index (κ1) is 12.2. The van der Waals surface area contributed by atoms with Crippen molar-refractivity contribution >= 4 is 5.97 Å². The molecule has 3 nitrogen and oxygen atoms in total. The average Bonchev–Trinajstić information content (AvgIpc) is 3.05. The summed E-state index contributed by atoms with van der Waals surface area (Å²) in [5, 5.41) is 0. The van der Waals surface area contributed by atoms with Crippen molar-refractivity contribution in [2.45, 2.75) is 45.6 Å². The van der Waals surface area contributed by atoms with Crippen LogP contribution in [0.5, 0.6) is 0 Å². The molecule has 0 radical (unpaired) electrons. The molecule has 1 fully saturated rings. The fourth-order valence-electron chi connectivity index (χ4n) is 1.28. The van der Waals surface area contributed by atoms with E-state index in [0.29, 0.717) is 18.3 Å². The molecule has 0 aromatic carbocycles. The highest BCUT2D eigenvalue weighted by Crippen LogP contribution is 2.17. The van der Waals surface area contributed by atoms with Gasteiger partial charge in [0.15, 0.2) is 0 Å². The number of hydrogen-bond donors (Lipinski definition) is 0. The van der Waals surface area contributed by atoms with Crippen molar-refractivity contribution in [3.8, 4) is 0 Å². The van der Waals surface area contributed by atoms with E-state index in [2.05, 4.69) is 0 Å². The van der Waals surface area contributed by atoms with Crippen molar-refractivity contribution < 1.29 is 14.3 Å². The fraction of sp³-hybridized carbons (Fsp3) is 0.750. The number of ether oxygens (including phenoxy) is 2. The van der Waals surface area contributed by atoms with Crippen LogP contribution in [0.2, 0.25) is 0 Å². The second-order valence-corrected chi connectivity index (χ2v) is 3.91. The summed E-state index contributed by atoms with van der Waals surface area (Å²) in [5.74, 6) is -0.192. The Hall–Kier alpha value is -0.830. The highest BCUT2D eigenvalue weighted by atomic mass is 16.6. The fourth-order valence-corrected chi connectivity index (χ4v) is 1.28. The van der Waals surface area contributed by atoms with Gasteiger partial charge in [-0.2, -0.15) is 0 Å². The first-order valence-corrected chi connectivity index (χ1v) is 5.65. The molecule has 1 aliphatic heterocycles. The lowest BCUT2D eigenvalue weighted by Gasteiger charge is -2.04. The molecule has 0 aromatic heterocycles. The van der Waals surface area contributed by atoms with Gasteiger partial charge in [0, 0.05) is 5.57 Å². The molecule has 1 saturated heterocycles. The Morgan fingerprint density at radius 3 is 2.80 bits per heavy atom. The molecule has 0 spiro atoms. The van der Waals surface area contributed by atoms with Gasteiger partial charge in [0.25, 0.3) is 0 Å². The van der Waals surface area contributed by atoms with Gasteiger partial charge in [0.1, 0.15) is 0 Å². The van der Waals surface area contributed by atoms with Crippen LogP contribution >= 0.6 is 0 Å². The molecular formula is C12H20O3. The molecule has 0 aliphatic carbocycles. The van der Waals surface area contributed by atoms with E-state index in [1.165, 1.54) is 6.42 Å². The first-order valence-electron chi connectivity index (χ1n) is 5.65. The maximum absolute atomic E-state index is 11.2. The van der Waals surface area contributed by atoms with Gasteiger partial charge in [0.2, 0.25) is 0 Å². The lowest BCUT2D eigenvalue weighted by Crippen LogP contribution is -2.06. The third-order valence-corrected chi connectivity index (χ3v) is 2.56. The zero-order valence-electron chi connectivity index (χ0n) is 9.62. The molecule has 0 aromatic rings. The van der Waals surface area contributed by atoms with Crippen LogP contribution in [0.1, 0.15) is 39.5 Å². The van der Waals surface area contributed by atoms with Crippen LogP contribution in [0.3, 0.4) is 0 Å². The minimum atomic E-state index is -0.192. The van der Waals surface area contributed by atoms with Crippen LogP contribution in [0, 0.1) is 0 Å². The van der Waals surface area contributed by atoms with E-state index >= 15 is 0 Å². The number of epoxide rings is 1. The standard InChI is InChI=1S/C12H20O3/c1-3-10(2)12(13)14-8-6-4-5-7-11-9-15-11/h3,11H,4-9H2,1-2H3. The molecule has 3 heteroatoms. The van der Waals surface area contributed by atoms with Crippen LogP contribution in [0.25, 0.3) is 0 Å². The minimum absolute atomic E-state index is 0.192. The summed E-state index contributed by atoms with van der Waals surface area (Å²) >= 11 is 0. The zero-order valence-corrected chi connectivity index (χ0v) is 9.62. The Morgan fingerprint density at radius 2 is 2.20 bits per heavy atom. The van der Waals surface area contributed by atoms with Gasteiger partial charge in [-0.25, -0.2) is 4.79 Å². The minimum Gasteiger partial charge on any atom is -0.462 e. The average molecular weight is 212 g/mol. The summed E-state index contributed by atoms with van der Waals surface area (Å²) in [7, 11) is 0. The number of carbonyl (C=O) groups excluding carboxylic acids is 1. The third kappa shape index (κ3) is 5.57. The lowest BCUT2D eigenvalue weighted by molar-refractivity contribution is -0.139. The number of hydrogen-bond acceptors (Lipinski definition) is 3. The van der Waals surface area contributed by atoms with Crippen LogP contribution in [0.4, 0.5) is 0 Å². The Balaban J connectivity index is 1.89. The van der Waals surface area contributed by atoms with E-state index < -0.39 is 0 Å². The zero-order chi connectivity index (χ0) is 11.1. The van der Waals surface area contributed by atoms with Gasteiger partial charge < -0.3 is 9.47 Å². The van der Waals surface area contributed by atoms with Crippen molar-refractivity contribution in [3.05, 3.63) is 11.6 Å². The highest BCUT2D eigenvalue weighted by molar-refractivity contribution is 5.87. The van der Waals surface area contributed by atoms with Gasteiger partial charge >= 0.3 is 5.97 Å². The van der Waals surface area contributed by atoms with Crippen LogP contribution in [-0.4, -0.2) is 25.3 Å². The van der Waals surface area contributed by atoms with Gasteiger partial charge in [-0.1, -0.05) is 12.5 Å². The summed E-state index contributed by atoms with van der Waals surface area (Å²) < 4.78 is 10.2. The third-order valence-electron chi connectivity index (χ3n) is 2.56. The molecule has 1 unspecified atom stereocenters. The Kier molecular flexibility index (Phi) is 5.40. The molecule has 1 rings (SSSR count). The summed E-state index contributed by atoms with van der Waals surface area (Å²) in [6, 6.07) is 0. The molecule has 0 amide bonds. The number of unbranched alkanes of at least 4 members (excludes halogenated alkanes) is 2. The van der Waals surface area contributed by atoms with Crippen molar-refractivity contribution in [1.29, 1.82) is 0 Å². The number of allylic oxidation sites excluding steroid dienone is 1. The molecule has 1 aliphatic rings. The van der Waals surface area contributed by atoms with Crippen molar-refractivity contribution in [3.63, 3.8) is 0 Å². The Bertz CT molecular complexity index is 229. The molecular weight excluding hydrogens is 192 g/mol. The number of carbonyl (C=O) groups is 1. The van der Waals surface area contributed by atoms with Crippen molar-refractivity contribution in [2.75, 3.05) is 13.2 Å². The Labute approximate surface area is 91.4 Å². The SMILES string of the molecule is CC=C(C)C(=O)OCCCCCC1CO1. The summed E-state index contributed by atoms with van der Waals surface area (Å²) in [4.78, 5) is 11.2. The Morgan fingerprint density at radius 1 is 1.47 bits per heavy atom. The maximum atomic E-state index is 11.2. The molecule has 15 heavy (non-hydrogen) atoms. The lowest BCUT2D eigenvalue weighted by atomic mass is 10.1. The second-order valence-electron chi connectivity index (χ2n) is 3.91. The normalized spacial score (nSPS) is 20.1. The first-order chi connectivity index (χ1) is 7.24. The molecule has 0 N–H and O–H groups in total. The summed E-state index contributed by atoms with van der Waals surface area (Å²) in [6.07, 6.45) is 6.69. The van der Waals surface area contributed by atoms with Crippen LogP contribution < -0.4 is 0 Å². The highest BCUT2D eigenvalue weighted by Gasteiger charge is 2.20. The van der Waals surface area contributed by atoms with Crippen molar-refractivity contribution in [1.82, 2.24) is 0 Å². The molecule has 86 valence electrons. The molecule has 0 bridgehead atoms. The second kappa shape index (κ2) is 6.62. The maximum Gasteiger partial charge on any atom is 0.333 e. The number of esters is 1. The van der Waals surface area contributed by atoms with E-state index in [4.69, 9.17) is 9.47 Å². The predicted molar refractivity (Wildman–Crippen MR) is 58.6 cm³/mol. The van der Waals surface area contributed by atoms with Gasteiger partial charge in [-0.3, -0.25) is 0 Å². The molecule has 0 saturated carbocycles. The van der Waals surface area contributed by atoms with E-state index in [-0.39, 0.29) is 5.97 Å². The van der Waals surface area contributed by atoms with Crippen LogP contribution in [-0.2, 0) is 14.3 Å². The summed E-state index contributed by atoms with van der Waals surface area (Å²) in [6.45, 7) is 5.09. The molecule has 1 atom stereocenters. The van der Waals surface area contributed by atoms with E-state index in [1.807, 2.05) is 6.92 Å². The smallest absolute Gasteiger partial charge is 0.333 e.